The highest BCUT2D eigenvalue weighted by atomic mass is 19.4. The van der Waals surface area contributed by atoms with Crippen LogP contribution in [-0.2, 0) is 4.79 Å². The van der Waals surface area contributed by atoms with Gasteiger partial charge in [0, 0.05) is 19.6 Å². The van der Waals surface area contributed by atoms with E-state index in [1.165, 1.54) is 0 Å². The quantitative estimate of drug-likeness (QED) is 0.615. The lowest BCUT2D eigenvalue weighted by Crippen LogP contribution is -2.49. The molecule has 20 heavy (non-hydrogen) atoms. The summed E-state index contributed by atoms with van der Waals surface area (Å²) >= 11 is 0. The van der Waals surface area contributed by atoms with Crippen LogP contribution in [0.5, 0.6) is 0 Å². The van der Waals surface area contributed by atoms with Crippen LogP contribution in [-0.4, -0.2) is 47.8 Å². The summed E-state index contributed by atoms with van der Waals surface area (Å²) in [6.45, 7) is 1.04. The van der Waals surface area contributed by atoms with Crippen molar-refractivity contribution in [2.45, 2.75) is 25.9 Å². The molecule has 0 bridgehead atoms. The van der Waals surface area contributed by atoms with E-state index in [-0.39, 0.29) is 6.54 Å². The number of alkyl halides is 3. The molecule has 1 aliphatic rings. The first kappa shape index (κ1) is 16.3. The van der Waals surface area contributed by atoms with E-state index >= 15 is 0 Å². The molecule has 114 valence electrons. The number of urea groups is 1. The molecule has 0 aromatic carbocycles. The van der Waals surface area contributed by atoms with Gasteiger partial charge >= 0.3 is 18.2 Å². The van der Waals surface area contributed by atoms with Crippen molar-refractivity contribution in [3.05, 3.63) is 12.2 Å². The molecule has 1 fully saturated rings. The second-order valence-electron chi connectivity index (χ2n) is 4.65. The number of carboxylic acids is 1. The zero-order valence-corrected chi connectivity index (χ0v) is 11.0. The van der Waals surface area contributed by atoms with Crippen molar-refractivity contribution in [1.29, 1.82) is 0 Å². The maximum absolute atomic E-state index is 12.9. The zero-order valence-electron chi connectivity index (χ0n) is 11.0. The van der Waals surface area contributed by atoms with E-state index in [4.69, 9.17) is 5.11 Å². The van der Waals surface area contributed by atoms with Crippen molar-refractivity contribution in [3.8, 4) is 0 Å². The van der Waals surface area contributed by atoms with Gasteiger partial charge in [-0.05, 0) is 19.8 Å². The normalized spacial score (nSPS) is 23.3. The van der Waals surface area contributed by atoms with Gasteiger partial charge in [-0.1, -0.05) is 12.2 Å². The summed E-state index contributed by atoms with van der Waals surface area (Å²) in [6.07, 6.45) is -1.32. The van der Waals surface area contributed by atoms with Gasteiger partial charge in [-0.2, -0.15) is 13.2 Å². The summed E-state index contributed by atoms with van der Waals surface area (Å²) in [5, 5.41) is 11.3. The van der Waals surface area contributed by atoms with Crippen LogP contribution in [0, 0.1) is 5.41 Å². The van der Waals surface area contributed by atoms with E-state index in [1.54, 1.807) is 6.08 Å². The first-order valence-corrected chi connectivity index (χ1v) is 6.18. The third-order valence-corrected chi connectivity index (χ3v) is 3.33. The molecule has 0 saturated carbocycles. The van der Waals surface area contributed by atoms with Crippen LogP contribution in [0.15, 0.2) is 12.2 Å². The lowest BCUT2D eigenvalue weighted by molar-refractivity contribution is -0.226. The monoisotopic (exact) mass is 294 g/mol. The van der Waals surface area contributed by atoms with Gasteiger partial charge in [-0.15, -0.1) is 0 Å². The maximum Gasteiger partial charge on any atom is 0.406 e. The Labute approximate surface area is 114 Å². The van der Waals surface area contributed by atoms with E-state index < -0.39 is 36.6 Å². The van der Waals surface area contributed by atoms with Crippen LogP contribution in [0.25, 0.3) is 0 Å². The number of allylic oxidation sites excluding steroid dienone is 1. The SMILES string of the molecule is C/C=C/CCNC(=O)N1CCC(C(=O)O)(C(F)(F)F)C1. The molecule has 0 aliphatic carbocycles. The Hall–Kier alpha value is -1.73. The number of likely N-dealkylation sites (tertiary alicyclic amines) is 1. The molecule has 8 heteroatoms. The number of carboxylic acid groups (broad SMARTS) is 1. The number of hydrogen-bond acceptors (Lipinski definition) is 2. The molecule has 1 aliphatic heterocycles. The lowest BCUT2D eigenvalue weighted by Gasteiger charge is -2.27. The minimum absolute atomic E-state index is 0.221. The number of hydrogen-bond donors (Lipinski definition) is 2. The highest BCUT2D eigenvalue weighted by molar-refractivity contribution is 5.80. The number of carbonyl (C=O) groups excluding carboxylic acids is 1. The van der Waals surface area contributed by atoms with Crippen LogP contribution >= 0.6 is 0 Å². The smallest absolute Gasteiger partial charge is 0.406 e. The molecule has 1 unspecified atom stereocenters. The third-order valence-electron chi connectivity index (χ3n) is 3.33. The Morgan fingerprint density at radius 1 is 1.45 bits per heavy atom. The number of carbonyl (C=O) groups is 2. The van der Waals surface area contributed by atoms with E-state index in [0.29, 0.717) is 13.0 Å². The van der Waals surface area contributed by atoms with Crippen LogP contribution < -0.4 is 5.32 Å². The van der Waals surface area contributed by atoms with E-state index in [9.17, 15) is 22.8 Å². The highest BCUT2D eigenvalue weighted by Crippen LogP contribution is 2.45. The van der Waals surface area contributed by atoms with Gasteiger partial charge in [0.25, 0.3) is 0 Å². The molecule has 0 aromatic rings. The Bertz CT molecular complexity index is 409. The van der Waals surface area contributed by atoms with Gasteiger partial charge in [0.05, 0.1) is 0 Å². The molecule has 1 rings (SSSR count). The molecule has 0 spiro atoms. The molecule has 5 nitrogen and oxygen atoms in total. The van der Waals surface area contributed by atoms with Gasteiger partial charge < -0.3 is 15.3 Å². The van der Waals surface area contributed by atoms with Crippen molar-refractivity contribution < 1.29 is 27.9 Å². The first-order valence-electron chi connectivity index (χ1n) is 6.18. The van der Waals surface area contributed by atoms with Gasteiger partial charge in [0.1, 0.15) is 0 Å². The summed E-state index contributed by atoms with van der Waals surface area (Å²) in [7, 11) is 0. The minimum atomic E-state index is -4.88. The predicted octanol–water partition coefficient (Wildman–Crippen LogP) is 2.00. The Balaban J connectivity index is 2.65. The van der Waals surface area contributed by atoms with E-state index in [2.05, 4.69) is 5.32 Å². The highest BCUT2D eigenvalue weighted by Gasteiger charge is 2.64. The number of nitrogens with zero attached hydrogens (tertiary/aromatic N) is 1. The van der Waals surface area contributed by atoms with Crippen LogP contribution in [0.2, 0.25) is 0 Å². The number of aliphatic carboxylic acids is 1. The number of halogens is 3. The average Bonchev–Trinajstić information content (AvgIpc) is 2.80. The fraction of sp³-hybridized carbons (Fsp3) is 0.667. The largest absolute Gasteiger partial charge is 0.481 e. The number of rotatable bonds is 4. The van der Waals surface area contributed by atoms with Gasteiger partial charge in [0.2, 0.25) is 0 Å². The number of amides is 2. The second kappa shape index (κ2) is 6.15. The minimum Gasteiger partial charge on any atom is -0.481 e. The summed E-state index contributed by atoms with van der Waals surface area (Å²) in [4.78, 5) is 23.5. The Morgan fingerprint density at radius 3 is 2.55 bits per heavy atom. The number of nitrogens with one attached hydrogen (secondary N) is 1. The third kappa shape index (κ3) is 3.23. The van der Waals surface area contributed by atoms with Crippen LogP contribution in [0.1, 0.15) is 19.8 Å². The standard InChI is InChI=1S/C12H17F3N2O3/c1-2-3-4-6-16-10(20)17-7-5-11(8-17,9(18)19)12(13,14)15/h2-3H,4-8H2,1H3,(H,16,20)(H,18,19)/b3-2+. The summed E-state index contributed by atoms with van der Waals surface area (Å²) < 4.78 is 38.7. The van der Waals surface area contributed by atoms with Crippen LogP contribution in [0.3, 0.4) is 0 Å². The molecule has 2 amide bonds. The van der Waals surface area contributed by atoms with E-state index in [0.717, 1.165) is 4.90 Å². The molecular weight excluding hydrogens is 277 g/mol. The van der Waals surface area contributed by atoms with Crippen LogP contribution in [0.4, 0.5) is 18.0 Å². The molecule has 1 heterocycles. The topological polar surface area (TPSA) is 69.6 Å². The molecule has 0 radical (unpaired) electrons. The van der Waals surface area contributed by atoms with Gasteiger partial charge in [-0.25, -0.2) is 4.79 Å². The van der Waals surface area contributed by atoms with Crippen molar-refractivity contribution in [3.63, 3.8) is 0 Å². The summed E-state index contributed by atoms with van der Waals surface area (Å²) in [5.41, 5.74) is -2.85. The van der Waals surface area contributed by atoms with Crippen molar-refractivity contribution in [2.24, 2.45) is 5.41 Å². The van der Waals surface area contributed by atoms with Crippen molar-refractivity contribution >= 4 is 12.0 Å². The van der Waals surface area contributed by atoms with Gasteiger partial charge in [-0.3, -0.25) is 4.79 Å². The molecule has 0 aromatic heterocycles. The Kier molecular flexibility index (Phi) is 5.02. The van der Waals surface area contributed by atoms with E-state index in [1.807, 2.05) is 13.0 Å². The molecule has 2 N–H and O–H groups in total. The average molecular weight is 294 g/mol. The lowest BCUT2D eigenvalue weighted by atomic mass is 9.86. The summed E-state index contributed by atoms with van der Waals surface area (Å²) in [5.74, 6) is -1.94. The fourth-order valence-electron chi connectivity index (χ4n) is 2.05. The Morgan fingerprint density at radius 2 is 2.10 bits per heavy atom. The van der Waals surface area contributed by atoms with Crippen molar-refractivity contribution in [1.82, 2.24) is 10.2 Å². The first-order chi connectivity index (χ1) is 9.24. The molecule has 1 saturated heterocycles. The molecule has 1 atom stereocenters. The van der Waals surface area contributed by atoms with Crippen molar-refractivity contribution in [2.75, 3.05) is 19.6 Å². The van der Waals surface area contributed by atoms with Gasteiger partial charge in [0.15, 0.2) is 5.41 Å². The maximum atomic E-state index is 12.9. The molecular formula is C12H17F3N2O3. The summed E-state index contributed by atoms with van der Waals surface area (Å²) in [6, 6.07) is -0.665. The second-order valence-corrected chi connectivity index (χ2v) is 4.65. The zero-order chi connectivity index (χ0) is 15.4. The predicted molar refractivity (Wildman–Crippen MR) is 65.1 cm³/mol. The fourth-order valence-corrected chi connectivity index (χ4v) is 2.05.